The fourth-order valence-electron chi connectivity index (χ4n) is 1.41. The molecule has 0 spiro atoms. The second kappa shape index (κ2) is 4.05. The molecule has 0 amide bonds. The van der Waals surface area contributed by atoms with Gasteiger partial charge in [-0.1, -0.05) is 13.8 Å². The van der Waals surface area contributed by atoms with E-state index in [0.29, 0.717) is 6.10 Å². The van der Waals surface area contributed by atoms with Gasteiger partial charge in [0.2, 0.25) is 0 Å². The Hall–Kier alpha value is -1.31. The standard InChI is InChI=1S/C13H16O2/c1-9(2)13(14)10-3-5-11(6-4-10)15-12-7-8-12/h3-6,9,12H,7-8H2,1-2H3. The van der Waals surface area contributed by atoms with Crippen molar-refractivity contribution in [3.63, 3.8) is 0 Å². The van der Waals surface area contributed by atoms with Crippen molar-refractivity contribution in [2.45, 2.75) is 32.8 Å². The van der Waals surface area contributed by atoms with Crippen molar-refractivity contribution in [3.8, 4) is 5.75 Å². The lowest BCUT2D eigenvalue weighted by atomic mass is 10.0. The molecule has 80 valence electrons. The van der Waals surface area contributed by atoms with Crippen LogP contribution >= 0.6 is 0 Å². The quantitative estimate of drug-likeness (QED) is 0.704. The van der Waals surface area contributed by atoms with Gasteiger partial charge in [0.1, 0.15) is 5.75 Å². The SMILES string of the molecule is CC(C)C(=O)c1ccc(OC2CC2)cc1. The van der Waals surface area contributed by atoms with Crippen molar-refractivity contribution >= 4 is 5.78 Å². The van der Waals surface area contributed by atoms with Gasteiger partial charge in [0.25, 0.3) is 0 Å². The van der Waals surface area contributed by atoms with Crippen molar-refractivity contribution in [1.29, 1.82) is 0 Å². The first-order chi connectivity index (χ1) is 7.16. The molecule has 2 nitrogen and oxygen atoms in total. The molecular formula is C13H16O2. The minimum atomic E-state index is 0.0557. The van der Waals surface area contributed by atoms with Crippen molar-refractivity contribution in [1.82, 2.24) is 0 Å². The van der Waals surface area contributed by atoms with Crippen LogP contribution in [0.2, 0.25) is 0 Å². The summed E-state index contributed by atoms with van der Waals surface area (Å²) in [5, 5.41) is 0. The van der Waals surface area contributed by atoms with Gasteiger partial charge < -0.3 is 4.74 Å². The number of carbonyl (C=O) groups excluding carboxylic acids is 1. The van der Waals surface area contributed by atoms with Crippen LogP contribution < -0.4 is 4.74 Å². The fourth-order valence-corrected chi connectivity index (χ4v) is 1.41. The van der Waals surface area contributed by atoms with E-state index in [4.69, 9.17) is 4.74 Å². The van der Waals surface area contributed by atoms with E-state index in [0.717, 1.165) is 24.2 Å². The van der Waals surface area contributed by atoms with Crippen LogP contribution in [0.15, 0.2) is 24.3 Å². The molecule has 0 atom stereocenters. The average molecular weight is 204 g/mol. The van der Waals surface area contributed by atoms with Gasteiger partial charge in [-0.2, -0.15) is 0 Å². The summed E-state index contributed by atoms with van der Waals surface area (Å²) in [5.41, 5.74) is 0.771. The number of hydrogen-bond acceptors (Lipinski definition) is 2. The van der Waals surface area contributed by atoms with Gasteiger partial charge in [-0.3, -0.25) is 4.79 Å². The Bertz CT molecular complexity index is 347. The van der Waals surface area contributed by atoms with E-state index in [1.807, 2.05) is 38.1 Å². The Labute approximate surface area is 90.3 Å². The minimum absolute atomic E-state index is 0.0557. The third-order valence-electron chi connectivity index (χ3n) is 2.49. The summed E-state index contributed by atoms with van der Waals surface area (Å²) in [4.78, 5) is 11.6. The molecule has 15 heavy (non-hydrogen) atoms. The zero-order chi connectivity index (χ0) is 10.8. The normalized spacial score (nSPS) is 15.4. The predicted molar refractivity (Wildman–Crippen MR) is 59.3 cm³/mol. The van der Waals surface area contributed by atoms with Crippen LogP contribution in [0.1, 0.15) is 37.0 Å². The van der Waals surface area contributed by atoms with Crippen molar-refractivity contribution in [2.24, 2.45) is 5.92 Å². The summed E-state index contributed by atoms with van der Waals surface area (Å²) in [7, 11) is 0. The van der Waals surface area contributed by atoms with E-state index in [2.05, 4.69) is 0 Å². The summed E-state index contributed by atoms with van der Waals surface area (Å²) >= 11 is 0. The number of carbonyl (C=O) groups is 1. The van der Waals surface area contributed by atoms with E-state index in [9.17, 15) is 4.79 Å². The molecule has 1 fully saturated rings. The molecule has 1 aliphatic carbocycles. The van der Waals surface area contributed by atoms with E-state index in [-0.39, 0.29) is 11.7 Å². The summed E-state index contributed by atoms with van der Waals surface area (Å²) in [6, 6.07) is 7.46. The Morgan fingerprint density at radius 1 is 1.27 bits per heavy atom. The first kappa shape index (κ1) is 10.2. The van der Waals surface area contributed by atoms with Crippen LogP contribution in [0.4, 0.5) is 0 Å². The maximum atomic E-state index is 11.6. The molecule has 0 saturated heterocycles. The third-order valence-corrected chi connectivity index (χ3v) is 2.49. The van der Waals surface area contributed by atoms with Crippen LogP contribution in [0.3, 0.4) is 0 Å². The lowest BCUT2D eigenvalue weighted by Gasteiger charge is -2.06. The Morgan fingerprint density at radius 3 is 2.33 bits per heavy atom. The highest BCUT2D eigenvalue weighted by Crippen LogP contribution is 2.26. The average Bonchev–Trinajstić information content (AvgIpc) is 3.02. The number of ketones is 1. The van der Waals surface area contributed by atoms with Crippen molar-refractivity contribution in [3.05, 3.63) is 29.8 Å². The topological polar surface area (TPSA) is 26.3 Å². The van der Waals surface area contributed by atoms with Gasteiger partial charge >= 0.3 is 0 Å². The van der Waals surface area contributed by atoms with Crippen molar-refractivity contribution < 1.29 is 9.53 Å². The molecule has 2 heteroatoms. The second-order valence-corrected chi connectivity index (χ2v) is 4.36. The third kappa shape index (κ3) is 2.58. The van der Waals surface area contributed by atoms with Crippen LogP contribution in [0.25, 0.3) is 0 Å². The highest BCUT2D eigenvalue weighted by atomic mass is 16.5. The molecule has 1 aromatic rings. The molecule has 1 aliphatic rings. The molecule has 1 saturated carbocycles. The van der Waals surface area contributed by atoms with Gasteiger partial charge in [-0.05, 0) is 37.1 Å². The smallest absolute Gasteiger partial charge is 0.165 e. The molecule has 0 bridgehead atoms. The summed E-state index contributed by atoms with van der Waals surface area (Å²) in [6.45, 7) is 3.83. The number of Topliss-reactive ketones (excluding diaryl/α,β-unsaturated/α-hetero) is 1. The van der Waals surface area contributed by atoms with E-state index in [1.165, 1.54) is 0 Å². The van der Waals surface area contributed by atoms with Crippen molar-refractivity contribution in [2.75, 3.05) is 0 Å². The highest BCUT2D eigenvalue weighted by molar-refractivity contribution is 5.97. The molecular weight excluding hydrogens is 188 g/mol. The Morgan fingerprint density at radius 2 is 1.87 bits per heavy atom. The zero-order valence-electron chi connectivity index (χ0n) is 9.19. The largest absolute Gasteiger partial charge is 0.490 e. The van der Waals surface area contributed by atoms with Crippen LogP contribution in [-0.2, 0) is 0 Å². The number of ether oxygens (including phenoxy) is 1. The predicted octanol–water partition coefficient (Wildman–Crippen LogP) is 3.07. The van der Waals surface area contributed by atoms with Gasteiger partial charge in [0.05, 0.1) is 6.10 Å². The number of benzene rings is 1. The number of rotatable bonds is 4. The molecule has 0 radical (unpaired) electrons. The Balaban J connectivity index is 2.05. The maximum absolute atomic E-state index is 11.6. The minimum Gasteiger partial charge on any atom is -0.490 e. The molecule has 2 rings (SSSR count). The maximum Gasteiger partial charge on any atom is 0.165 e. The van der Waals surface area contributed by atoms with Gasteiger partial charge in [-0.15, -0.1) is 0 Å². The molecule has 0 aliphatic heterocycles. The van der Waals surface area contributed by atoms with Crippen LogP contribution in [-0.4, -0.2) is 11.9 Å². The second-order valence-electron chi connectivity index (χ2n) is 4.36. The van der Waals surface area contributed by atoms with E-state index < -0.39 is 0 Å². The number of hydrogen-bond donors (Lipinski definition) is 0. The summed E-state index contributed by atoms with van der Waals surface area (Å²) in [5.74, 6) is 1.12. The fraction of sp³-hybridized carbons (Fsp3) is 0.462. The lowest BCUT2D eigenvalue weighted by molar-refractivity contribution is 0.0939. The Kier molecular flexibility index (Phi) is 2.76. The molecule has 0 N–H and O–H groups in total. The molecule has 0 heterocycles. The molecule has 0 unspecified atom stereocenters. The van der Waals surface area contributed by atoms with E-state index >= 15 is 0 Å². The molecule has 0 aromatic heterocycles. The van der Waals surface area contributed by atoms with Crippen LogP contribution in [0.5, 0.6) is 5.75 Å². The van der Waals surface area contributed by atoms with Gasteiger partial charge in [-0.25, -0.2) is 0 Å². The monoisotopic (exact) mass is 204 g/mol. The molecule has 1 aromatic carbocycles. The highest BCUT2D eigenvalue weighted by Gasteiger charge is 2.23. The van der Waals surface area contributed by atoms with Gasteiger partial charge in [0.15, 0.2) is 5.78 Å². The lowest BCUT2D eigenvalue weighted by Crippen LogP contribution is -2.07. The van der Waals surface area contributed by atoms with E-state index in [1.54, 1.807) is 0 Å². The zero-order valence-corrected chi connectivity index (χ0v) is 9.19. The van der Waals surface area contributed by atoms with Gasteiger partial charge in [0, 0.05) is 11.5 Å². The first-order valence-corrected chi connectivity index (χ1v) is 5.48. The summed E-state index contributed by atoms with van der Waals surface area (Å²) in [6.07, 6.45) is 2.73. The first-order valence-electron chi connectivity index (χ1n) is 5.48. The summed E-state index contributed by atoms with van der Waals surface area (Å²) < 4.78 is 5.61. The van der Waals surface area contributed by atoms with Crippen LogP contribution in [0, 0.1) is 5.92 Å².